The zero-order valence-corrected chi connectivity index (χ0v) is 11.4. The van der Waals surface area contributed by atoms with Crippen LogP contribution in [-0.2, 0) is 9.53 Å². The lowest BCUT2D eigenvalue weighted by Gasteiger charge is -2.23. The maximum Gasteiger partial charge on any atom is 0.323 e. The third-order valence-electron chi connectivity index (χ3n) is 3.16. The number of ether oxygens (including phenoxy) is 1. The van der Waals surface area contributed by atoms with Crippen LogP contribution in [0.2, 0.25) is 0 Å². The molecule has 0 aliphatic heterocycles. The van der Waals surface area contributed by atoms with Crippen molar-refractivity contribution in [1.82, 2.24) is 5.32 Å². The zero-order chi connectivity index (χ0) is 13.1. The number of hydrogen-bond acceptors (Lipinski definition) is 3. The van der Waals surface area contributed by atoms with Crippen molar-refractivity contribution < 1.29 is 14.6 Å². The van der Waals surface area contributed by atoms with Gasteiger partial charge in [0.1, 0.15) is 5.54 Å². The molecule has 0 aromatic carbocycles. The summed E-state index contributed by atoms with van der Waals surface area (Å²) in [6.07, 6.45) is 6.58. The van der Waals surface area contributed by atoms with Gasteiger partial charge in [0.15, 0.2) is 0 Å². The molecule has 1 atom stereocenters. The van der Waals surface area contributed by atoms with E-state index in [0.717, 1.165) is 13.0 Å². The monoisotopic (exact) mass is 245 g/mol. The highest BCUT2D eigenvalue weighted by Gasteiger charge is 2.30. The number of likely N-dealkylation sites (N-methyl/N-ethyl adjacent to an activating group) is 1. The van der Waals surface area contributed by atoms with Crippen molar-refractivity contribution in [2.24, 2.45) is 0 Å². The minimum Gasteiger partial charge on any atom is -0.480 e. The summed E-state index contributed by atoms with van der Waals surface area (Å²) < 4.78 is 5.46. The van der Waals surface area contributed by atoms with Gasteiger partial charge in [0.05, 0.1) is 0 Å². The molecular formula is C13H27NO3. The van der Waals surface area contributed by atoms with E-state index in [-0.39, 0.29) is 0 Å². The Bertz CT molecular complexity index is 209. The molecule has 4 heteroatoms. The topological polar surface area (TPSA) is 58.6 Å². The van der Waals surface area contributed by atoms with Gasteiger partial charge in [0.25, 0.3) is 0 Å². The zero-order valence-electron chi connectivity index (χ0n) is 11.4. The minimum absolute atomic E-state index is 0.494. The van der Waals surface area contributed by atoms with Crippen molar-refractivity contribution in [2.45, 2.75) is 57.9 Å². The molecule has 1 unspecified atom stereocenters. The van der Waals surface area contributed by atoms with Gasteiger partial charge in [-0.3, -0.25) is 4.79 Å². The van der Waals surface area contributed by atoms with Gasteiger partial charge in [-0.05, 0) is 26.8 Å². The molecule has 0 aromatic rings. The molecule has 0 bridgehead atoms. The quantitative estimate of drug-likeness (QED) is 0.549. The van der Waals surface area contributed by atoms with E-state index in [1.165, 1.54) is 25.7 Å². The van der Waals surface area contributed by atoms with Gasteiger partial charge in [-0.1, -0.05) is 32.6 Å². The van der Waals surface area contributed by atoms with Crippen LogP contribution < -0.4 is 5.32 Å². The Labute approximate surface area is 105 Å². The number of unbranched alkanes of at least 4 members (excludes halogenated alkanes) is 4. The first-order valence-electron chi connectivity index (χ1n) is 6.57. The normalized spacial score (nSPS) is 14.5. The largest absolute Gasteiger partial charge is 0.480 e. The Kier molecular flexibility index (Phi) is 9.09. The molecule has 0 rings (SSSR count). The van der Waals surface area contributed by atoms with Crippen molar-refractivity contribution in [3.05, 3.63) is 0 Å². The van der Waals surface area contributed by atoms with Crippen molar-refractivity contribution in [3.8, 4) is 0 Å². The van der Waals surface area contributed by atoms with Gasteiger partial charge in [-0.2, -0.15) is 0 Å². The Balaban J connectivity index is 3.47. The van der Waals surface area contributed by atoms with Crippen LogP contribution in [-0.4, -0.2) is 36.9 Å². The SMILES string of the molecule is CCCCCCCOCCC(C)(NC)C(=O)O. The fourth-order valence-electron chi connectivity index (χ4n) is 1.52. The molecule has 0 radical (unpaired) electrons. The second-order valence-electron chi connectivity index (χ2n) is 4.66. The summed E-state index contributed by atoms with van der Waals surface area (Å²) in [6.45, 7) is 5.11. The first-order valence-corrected chi connectivity index (χ1v) is 6.57. The lowest BCUT2D eigenvalue weighted by Crippen LogP contribution is -2.48. The van der Waals surface area contributed by atoms with E-state index in [0.29, 0.717) is 13.0 Å². The highest BCUT2D eigenvalue weighted by Crippen LogP contribution is 2.09. The number of aliphatic carboxylic acids is 1. The Morgan fingerprint density at radius 2 is 1.88 bits per heavy atom. The molecule has 102 valence electrons. The molecule has 0 aliphatic carbocycles. The Morgan fingerprint density at radius 3 is 2.41 bits per heavy atom. The summed E-state index contributed by atoms with van der Waals surface area (Å²) in [4.78, 5) is 11.0. The minimum atomic E-state index is -0.873. The summed E-state index contributed by atoms with van der Waals surface area (Å²) in [5.74, 6) is -0.827. The Hall–Kier alpha value is -0.610. The molecule has 4 nitrogen and oxygen atoms in total. The van der Waals surface area contributed by atoms with Crippen LogP contribution in [0.25, 0.3) is 0 Å². The third kappa shape index (κ3) is 7.34. The number of nitrogens with one attached hydrogen (secondary N) is 1. The molecule has 0 saturated heterocycles. The molecule has 0 spiro atoms. The second kappa shape index (κ2) is 9.42. The molecule has 0 aliphatic rings. The van der Waals surface area contributed by atoms with Crippen LogP contribution in [0.1, 0.15) is 52.4 Å². The van der Waals surface area contributed by atoms with E-state index < -0.39 is 11.5 Å². The van der Waals surface area contributed by atoms with Crippen LogP contribution in [0.15, 0.2) is 0 Å². The van der Waals surface area contributed by atoms with Gasteiger partial charge in [0.2, 0.25) is 0 Å². The number of carboxylic acid groups (broad SMARTS) is 1. The van der Waals surface area contributed by atoms with Crippen LogP contribution in [0.4, 0.5) is 0 Å². The molecule has 0 saturated carbocycles. The predicted molar refractivity (Wildman–Crippen MR) is 69.3 cm³/mol. The van der Waals surface area contributed by atoms with Gasteiger partial charge >= 0.3 is 5.97 Å². The first-order chi connectivity index (χ1) is 8.06. The average molecular weight is 245 g/mol. The van der Waals surface area contributed by atoms with Crippen LogP contribution in [0, 0.1) is 0 Å². The summed E-state index contributed by atoms with van der Waals surface area (Å²) in [5.41, 5.74) is -0.873. The van der Waals surface area contributed by atoms with Crippen molar-refractivity contribution in [1.29, 1.82) is 0 Å². The summed E-state index contributed by atoms with van der Waals surface area (Å²) in [5, 5.41) is 11.8. The van der Waals surface area contributed by atoms with E-state index in [9.17, 15) is 4.79 Å². The number of carboxylic acids is 1. The molecule has 17 heavy (non-hydrogen) atoms. The standard InChI is InChI=1S/C13H27NO3/c1-4-5-6-7-8-10-17-11-9-13(2,14-3)12(15)16/h14H,4-11H2,1-3H3,(H,15,16). The maximum atomic E-state index is 11.0. The molecule has 0 aromatic heterocycles. The molecule has 0 amide bonds. The highest BCUT2D eigenvalue weighted by atomic mass is 16.5. The van der Waals surface area contributed by atoms with E-state index >= 15 is 0 Å². The van der Waals surface area contributed by atoms with Gasteiger partial charge in [0, 0.05) is 13.2 Å². The third-order valence-corrected chi connectivity index (χ3v) is 3.16. The lowest BCUT2D eigenvalue weighted by molar-refractivity contribution is -0.144. The van der Waals surface area contributed by atoms with Crippen LogP contribution in [0.3, 0.4) is 0 Å². The second-order valence-corrected chi connectivity index (χ2v) is 4.66. The lowest BCUT2D eigenvalue weighted by atomic mass is 9.99. The van der Waals surface area contributed by atoms with Gasteiger partial charge in [-0.25, -0.2) is 0 Å². The number of carbonyl (C=O) groups is 1. The van der Waals surface area contributed by atoms with Crippen molar-refractivity contribution >= 4 is 5.97 Å². The average Bonchev–Trinajstić information content (AvgIpc) is 2.32. The summed E-state index contributed by atoms with van der Waals surface area (Å²) in [6, 6.07) is 0. The van der Waals surface area contributed by atoms with E-state index in [1.54, 1.807) is 14.0 Å². The molecule has 2 N–H and O–H groups in total. The van der Waals surface area contributed by atoms with E-state index in [1.807, 2.05) is 0 Å². The molecular weight excluding hydrogens is 218 g/mol. The number of rotatable bonds is 11. The fraction of sp³-hybridized carbons (Fsp3) is 0.923. The van der Waals surface area contributed by atoms with Crippen LogP contribution in [0.5, 0.6) is 0 Å². The maximum absolute atomic E-state index is 11.0. The van der Waals surface area contributed by atoms with Gasteiger partial charge in [-0.15, -0.1) is 0 Å². The van der Waals surface area contributed by atoms with Crippen LogP contribution >= 0.6 is 0 Å². The summed E-state index contributed by atoms with van der Waals surface area (Å²) >= 11 is 0. The highest BCUT2D eigenvalue weighted by molar-refractivity contribution is 5.78. The fourth-order valence-corrected chi connectivity index (χ4v) is 1.52. The van der Waals surface area contributed by atoms with Gasteiger partial charge < -0.3 is 15.2 Å². The van der Waals surface area contributed by atoms with E-state index in [2.05, 4.69) is 12.2 Å². The molecule has 0 fully saturated rings. The number of hydrogen-bond donors (Lipinski definition) is 2. The first kappa shape index (κ1) is 16.4. The predicted octanol–water partition coefficient (Wildman–Crippen LogP) is 2.43. The van der Waals surface area contributed by atoms with Crippen molar-refractivity contribution in [2.75, 3.05) is 20.3 Å². The molecule has 0 heterocycles. The summed E-state index contributed by atoms with van der Waals surface area (Å²) in [7, 11) is 1.67. The Morgan fingerprint density at radius 1 is 1.24 bits per heavy atom. The smallest absolute Gasteiger partial charge is 0.323 e. The van der Waals surface area contributed by atoms with E-state index in [4.69, 9.17) is 9.84 Å². The van der Waals surface area contributed by atoms with Crippen molar-refractivity contribution in [3.63, 3.8) is 0 Å².